The topological polar surface area (TPSA) is 45.4 Å². The van der Waals surface area contributed by atoms with Gasteiger partial charge in [-0.1, -0.05) is 18.2 Å². The lowest BCUT2D eigenvalue weighted by Crippen LogP contribution is -2.24. The van der Waals surface area contributed by atoms with E-state index in [0.717, 1.165) is 31.0 Å². The Balaban J connectivity index is 2.23. The average Bonchev–Trinajstić information content (AvgIpc) is 2.45. The smallest absolute Gasteiger partial charge is 0.156 e. The van der Waals surface area contributed by atoms with E-state index in [-0.39, 0.29) is 0 Å². The molecule has 0 amide bonds. The number of aromatic nitrogens is 1. The first-order valence-corrected chi connectivity index (χ1v) is 6.86. The van der Waals surface area contributed by atoms with Gasteiger partial charge in [-0.2, -0.15) is 0 Å². The van der Waals surface area contributed by atoms with Crippen LogP contribution in [0.3, 0.4) is 0 Å². The highest BCUT2D eigenvalue weighted by molar-refractivity contribution is 5.70. The maximum absolute atomic E-state index is 6.08. The van der Waals surface area contributed by atoms with Crippen molar-refractivity contribution in [3.8, 4) is 0 Å². The summed E-state index contributed by atoms with van der Waals surface area (Å²) in [7, 11) is 4.17. The van der Waals surface area contributed by atoms with Crippen molar-refractivity contribution in [2.24, 2.45) is 0 Å². The average molecular weight is 270 g/mol. The van der Waals surface area contributed by atoms with E-state index in [0.29, 0.717) is 5.69 Å². The van der Waals surface area contributed by atoms with Crippen LogP contribution in [-0.4, -0.2) is 37.1 Å². The van der Waals surface area contributed by atoms with Gasteiger partial charge in [0.15, 0.2) is 5.82 Å². The van der Waals surface area contributed by atoms with Crippen molar-refractivity contribution in [2.75, 3.05) is 37.8 Å². The Morgan fingerprint density at radius 2 is 1.75 bits per heavy atom. The van der Waals surface area contributed by atoms with Crippen molar-refractivity contribution >= 4 is 17.2 Å². The number of pyridine rings is 1. The Labute approximate surface area is 120 Å². The number of para-hydroxylation sites is 1. The van der Waals surface area contributed by atoms with Crippen LogP contribution >= 0.6 is 0 Å². The van der Waals surface area contributed by atoms with Crippen LogP contribution in [0.1, 0.15) is 6.42 Å². The molecule has 4 heteroatoms. The maximum atomic E-state index is 6.08. The fourth-order valence-electron chi connectivity index (χ4n) is 2.15. The molecule has 0 radical (unpaired) electrons. The number of nitrogens with two attached hydrogens (primary N) is 1. The predicted molar refractivity (Wildman–Crippen MR) is 85.3 cm³/mol. The van der Waals surface area contributed by atoms with Crippen molar-refractivity contribution in [2.45, 2.75) is 6.42 Å². The van der Waals surface area contributed by atoms with Crippen LogP contribution in [0.25, 0.3) is 0 Å². The normalized spacial score (nSPS) is 10.8. The molecule has 0 spiro atoms. The third-order valence-electron chi connectivity index (χ3n) is 3.13. The fourth-order valence-corrected chi connectivity index (χ4v) is 2.15. The Kier molecular flexibility index (Phi) is 4.96. The number of hydrogen-bond acceptors (Lipinski definition) is 4. The quantitative estimate of drug-likeness (QED) is 0.876. The van der Waals surface area contributed by atoms with Crippen LogP contribution in [0.15, 0.2) is 48.7 Å². The van der Waals surface area contributed by atoms with E-state index in [4.69, 9.17) is 5.73 Å². The van der Waals surface area contributed by atoms with Gasteiger partial charge in [-0.15, -0.1) is 0 Å². The Morgan fingerprint density at radius 1 is 1.00 bits per heavy atom. The number of nitrogen functional groups attached to an aromatic ring is 1. The van der Waals surface area contributed by atoms with E-state index < -0.39 is 0 Å². The van der Waals surface area contributed by atoms with Crippen molar-refractivity contribution in [1.82, 2.24) is 9.88 Å². The number of anilines is 3. The highest BCUT2D eigenvalue weighted by Crippen LogP contribution is 2.27. The van der Waals surface area contributed by atoms with Gasteiger partial charge >= 0.3 is 0 Å². The van der Waals surface area contributed by atoms with E-state index >= 15 is 0 Å². The van der Waals surface area contributed by atoms with Gasteiger partial charge in [0.05, 0.1) is 5.69 Å². The predicted octanol–water partition coefficient (Wildman–Crippen LogP) is 2.75. The zero-order chi connectivity index (χ0) is 14.4. The van der Waals surface area contributed by atoms with E-state index in [1.807, 2.05) is 30.3 Å². The van der Waals surface area contributed by atoms with Crippen LogP contribution in [-0.2, 0) is 0 Å². The van der Waals surface area contributed by atoms with Crippen molar-refractivity contribution < 1.29 is 0 Å². The molecule has 0 saturated heterocycles. The minimum atomic E-state index is 0.709. The molecule has 106 valence electrons. The zero-order valence-corrected chi connectivity index (χ0v) is 12.2. The molecule has 0 aliphatic carbocycles. The van der Waals surface area contributed by atoms with E-state index in [1.165, 1.54) is 0 Å². The first-order chi connectivity index (χ1) is 9.68. The van der Waals surface area contributed by atoms with Gasteiger partial charge in [-0.05, 0) is 51.3 Å². The van der Waals surface area contributed by atoms with Crippen molar-refractivity contribution in [3.63, 3.8) is 0 Å². The minimum Gasteiger partial charge on any atom is -0.396 e. The summed E-state index contributed by atoms with van der Waals surface area (Å²) in [4.78, 5) is 8.80. The van der Waals surface area contributed by atoms with Crippen molar-refractivity contribution in [1.29, 1.82) is 0 Å². The molecule has 20 heavy (non-hydrogen) atoms. The van der Waals surface area contributed by atoms with Gasteiger partial charge in [0, 0.05) is 18.4 Å². The number of rotatable bonds is 6. The Hall–Kier alpha value is -2.07. The number of benzene rings is 1. The molecule has 1 aromatic carbocycles. The third-order valence-corrected chi connectivity index (χ3v) is 3.13. The Morgan fingerprint density at radius 3 is 2.40 bits per heavy atom. The fraction of sp³-hybridized carbons (Fsp3) is 0.312. The lowest BCUT2D eigenvalue weighted by Gasteiger charge is -2.25. The van der Waals surface area contributed by atoms with E-state index in [2.05, 4.69) is 41.0 Å². The van der Waals surface area contributed by atoms with Gasteiger partial charge in [-0.3, -0.25) is 0 Å². The lowest BCUT2D eigenvalue weighted by atomic mass is 10.2. The summed E-state index contributed by atoms with van der Waals surface area (Å²) in [6.45, 7) is 1.93. The van der Waals surface area contributed by atoms with Gasteiger partial charge in [0.25, 0.3) is 0 Å². The summed E-state index contributed by atoms with van der Waals surface area (Å²) in [6.07, 6.45) is 2.84. The first kappa shape index (κ1) is 14.3. The standard InChI is InChI=1S/C16H22N4/c1-19(2)12-7-13-20(14-8-4-3-5-9-14)16-15(17)10-6-11-18-16/h3-6,8-11H,7,12-13,17H2,1-2H3. The minimum absolute atomic E-state index is 0.709. The summed E-state index contributed by atoms with van der Waals surface area (Å²) < 4.78 is 0. The molecule has 1 heterocycles. The molecule has 0 fully saturated rings. The molecule has 4 nitrogen and oxygen atoms in total. The second-order valence-corrected chi connectivity index (χ2v) is 5.06. The van der Waals surface area contributed by atoms with Crippen LogP contribution < -0.4 is 10.6 Å². The van der Waals surface area contributed by atoms with Crippen molar-refractivity contribution in [3.05, 3.63) is 48.7 Å². The first-order valence-electron chi connectivity index (χ1n) is 6.86. The molecule has 0 saturated carbocycles. The molecule has 2 N–H and O–H groups in total. The second kappa shape index (κ2) is 6.91. The summed E-state index contributed by atoms with van der Waals surface area (Å²) in [6, 6.07) is 14.0. The summed E-state index contributed by atoms with van der Waals surface area (Å²) >= 11 is 0. The largest absolute Gasteiger partial charge is 0.396 e. The van der Waals surface area contributed by atoms with E-state index in [9.17, 15) is 0 Å². The SMILES string of the molecule is CN(C)CCCN(c1ccccc1)c1ncccc1N. The number of hydrogen-bond donors (Lipinski definition) is 1. The van der Waals surface area contributed by atoms with Gasteiger partial charge in [0.1, 0.15) is 0 Å². The molecule has 2 aromatic rings. The summed E-state index contributed by atoms with van der Waals surface area (Å²) in [5, 5.41) is 0. The highest BCUT2D eigenvalue weighted by atomic mass is 15.2. The number of nitrogens with zero attached hydrogens (tertiary/aromatic N) is 3. The second-order valence-electron chi connectivity index (χ2n) is 5.06. The molecular weight excluding hydrogens is 248 g/mol. The van der Waals surface area contributed by atoms with Gasteiger partial charge in [0.2, 0.25) is 0 Å². The molecule has 0 bridgehead atoms. The molecule has 2 rings (SSSR count). The lowest BCUT2D eigenvalue weighted by molar-refractivity contribution is 0.402. The summed E-state index contributed by atoms with van der Waals surface area (Å²) in [5.74, 6) is 0.831. The molecular formula is C16H22N4. The van der Waals surface area contributed by atoms with Crippen LogP contribution in [0, 0.1) is 0 Å². The molecule has 1 aromatic heterocycles. The Bertz CT molecular complexity index is 525. The van der Waals surface area contributed by atoms with E-state index in [1.54, 1.807) is 6.20 Å². The van der Waals surface area contributed by atoms with Crippen LogP contribution in [0.5, 0.6) is 0 Å². The highest BCUT2D eigenvalue weighted by Gasteiger charge is 2.12. The summed E-state index contributed by atoms with van der Waals surface area (Å²) in [5.41, 5.74) is 7.91. The molecule has 0 unspecified atom stereocenters. The molecule has 0 atom stereocenters. The molecule has 0 aliphatic heterocycles. The van der Waals surface area contributed by atoms with Gasteiger partial charge in [-0.25, -0.2) is 4.98 Å². The third kappa shape index (κ3) is 3.71. The van der Waals surface area contributed by atoms with Crippen LogP contribution in [0.2, 0.25) is 0 Å². The molecule has 0 aliphatic rings. The monoisotopic (exact) mass is 270 g/mol. The van der Waals surface area contributed by atoms with Gasteiger partial charge < -0.3 is 15.5 Å². The zero-order valence-electron chi connectivity index (χ0n) is 12.2. The maximum Gasteiger partial charge on any atom is 0.156 e. The van der Waals surface area contributed by atoms with Crippen LogP contribution in [0.4, 0.5) is 17.2 Å².